The summed E-state index contributed by atoms with van der Waals surface area (Å²) in [5.41, 5.74) is 7.45. The lowest BCUT2D eigenvalue weighted by molar-refractivity contribution is -0.0536. The summed E-state index contributed by atoms with van der Waals surface area (Å²) in [6, 6.07) is 0.812. The van der Waals surface area contributed by atoms with Crippen molar-refractivity contribution < 1.29 is 23.0 Å². The zero-order valence-electron chi connectivity index (χ0n) is 16.4. The number of nitrogens with two attached hydrogens (primary N) is 1. The van der Waals surface area contributed by atoms with Crippen molar-refractivity contribution in [2.75, 3.05) is 6.61 Å². The number of hydrogen-bond acceptors (Lipinski definition) is 5. The molecule has 1 saturated heterocycles. The third-order valence-corrected chi connectivity index (χ3v) is 5.56. The van der Waals surface area contributed by atoms with Gasteiger partial charge in [0.25, 0.3) is 0 Å². The molecule has 1 fully saturated rings. The predicted molar refractivity (Wildman–Crippen MR) is 99.2 cm³/mol. The summed E-state index contributed by atoms with van der Waals surface area (Å²) in [4.78, 5) is 2.21. The van der Waals surface area contributed by atoms with Crippen LogP contribution in [-0.4, -0.2) is 44.1 Å². The number of rotatable bonds is 4. The molecule has 0 radical (unpaired) electrons. The lowest BCUT2D eigenvalue weighted by Crippen LogP contribution is -2.48. The van der Waals surface area contributed by atoms with Gasteiger partial charge in [0.05, 0.1) is 30.6 Å². The first-order valence-corrected chi connectivity index (χ1v) is 9.64. The van der Waals surface area contributed by atoms with Crippen LogP contribution in [0.3, 0.4) is 0 Å². The molecule has 158 valence electrons. The lowest BCUT2D eigenvalue weighted by atomic mass is 9.93. The van der Waals surface area contributed by atoms with Gasteiger partial charge < -0.3 is 15.6 Å². The molecule has 2 aromatic rings. The van der Waals surface area contributed by atoms with Crippen LogP contribution < -0.4 is 5.73 Å². The van der Waals surface area contributed by atoms with E-state index in [2.05, 4.69) is 10.00 Å². The highest BCUT2D eigenvalue weighted by atomic mass is 19.2. The summed E-state index contributed by atoms with van der Waals surface area (Å²) in [7, 11) is 0. The lowest BCUT2D eigenvalue weighted by Gasteiger charge is -2.38. The van der Waals surface area contributed by atoms with Gasteiger partial charge in [-0.15, -0.1) is 0 Å². The second-order valence-electron chi connectivity index (χ2n) is 8.59. The molecular formula is C20H25F3N4O2. The van der Waals surface area contributed by atoms with E-state index in [0.717, 1.165) is 17.3 Å². The monoisotopic (exact) mass is 410 g/mol. The van der Waals surface area contributed by atoms with Crippen LogP contribution in [0.25, 0.3) is 0 Å². The van der Waals surface area contributed by atoms with Gasteiger partial charge in [-0.05, 0) is 26.3 Å². The van der Waals surface area contributed by atoms with E-state index in [4.69, 9.17) is 10.5 Å². The number of fused-ring (bicyclic) bond motifs is 1. The Hall–Kier alpha value is -1.94. The molecule has 0 spiro atoms. The fraction of sp³-hybridized carbons (Fsp3) is 0.550. The van der Waals surface area contributed by atoms with Crippen LogP contribution in [0, 0.1) is 17.5 Å². The Labute approximate surface area is 167 Å². The van der Waals surface area contributed by atoms with Gasteiger partial charge in [-0.2, -0.15) is 5.10 Å². The molecule has 0 saturated carbocycles. The maximum atomic E-state index is 14.1. The van der Waals surface area contributed by atoms with E-state index < -0.39 is 35.2 Å². The van der Waals surface area contributed by atoms with Gasteiger partial charge in [0.2, 0.25) is 0 Å². The standard InChI is InChI=1S/C20H25F3N4O2/c1-20(2,28)10-27-18-8-26(7-11(18)6-25-27)12-3-17(24)19(29-9-12)13-4-15(22)16(23)5-14(13)21/h4-6,12,17,19,28H,3,7-10,24H2,1-2H3/t12?,17?,19-/m1/s1. The van der Waals surface area contributed by atoms with E-state index in [1.54, 1.807) is 13.8 Å². The molecule has 0 bridgehead atoms. The van der Waals surface area contributed by atoms with Crippen LogP contribution in [0.5, 0.6) is 0 Å². The summed E-state index contributed by atoms with van der Waals surface area (Å²) in [5, 5.41) is 14.4. The third-order valence-electron chi connectivity index (χ3n) is 5.56. The van der Waals surface area contributed by atoms with E-state index >= 15 is 0 Å². The molecule has 1 aromatic carbocycles. The molecule has 3 atom stereocenters. The quantitative estimate of drug-likeness (QED) is 0.757. The Morgan fingerprint density at radius 2 is 1.93 bits per heavy atom. The highest BCUT2D eigenvalue weighted by Crippen LogP contribution is 2.34. The zero-order chi connectivity index (χ0) is 20.9. The summed E-state index contributed by atoms with van der Waals surface area (Å²) >= 11 is 0. The smallest absolute Gasteiger partial charge is 0.161 e. The van der Waals surface area contributed by atoms with Crippen molar-refractivity contribution in [1.29, 1.82) is 0 Å². The molecule has 2 unspecified atom stereocenters. The number of halogens is 3. The first kappa shape index (κ1) is 20.3. The normalized spacial score (nSPS) is 25.4. The van der Waals surface area contributed by atoms with Crippen LogP contribution in [-0.2, 0) is 24.4 Å². The van der Waals surface area contributed by atoms with Gasteiger partial charge >= 0.3 is 0 Å². The van der Waals surface area contributed by atoms with Gasteiger partial charge in [-0.3, -0.25) is 9.58 Å². The molecule has 0 amide bonds. The first-order valence-electron chi connectivity index (χ1n) is 9.64. The average molecular weight is 410 g/mol. The number of benzene rings is 1. The molecule has 6 nitrogen and oxygen atoms in total. The number of aliphatic hydroxyl groups is 1. The molecule has 4 rings (SSSR count). The van der Waals surface area contributed by atoms with E-state index in [1.165, 1.54) is 0 Å². The third kappa shape index (κ3) is 4.05. The zero-order valence-corrected chi connectivity index (χ0v) is 16.4. The molecule has 29 heavy (non-hydrogen) atoms. The van der Waals surface area contributed by atoms with Crippen LogP contribution in [0.4, 0.5) is 13.2 Å². The minimum Gasteiger partial charge on any atom is -0.389 e. The molecule has 3 heterocycles. The van der Waals surface area contributed by atoms with Crippen molar-refractivity contribution in [2.45, 2.75) is 63.7 Å². The minimum absolute atomic E-state index is 0.0117. The topological polar surface area (TPSA) is 76.5 Å². The van der Waals surface area contributed by atoms with Crippen molar-refractivity contribution in [3.63, 3.8) is 0 Å². The van der Waals surface area contributed by atoms with Crippen LogP contribution in [0.2, 0.25) is 0 Å². The van der Waals surface area contributed by atoms with Crippen molar-refractivity contribution >= 4 is 0 Å². The van der Waals surface area contributed by atoms with Crippen molar-refractivity contribution in [2.24, 2.45) is 5.73 Å². The summed E-state index contributed by atoms with van der Waals surface area (Å²) in [6.45, 7) is 5.51. The SMILES string of the molecule is CC(C)(O)Cn1ncc2c1CN(C1CO[C@H](c3cc(F)c(F)cc3F)C(N)C1)C2. The average Bonchev–Trinajstić information content (AvgIpc) is 3.19. The Morgan fingerprint density at radius 1 is 1.21 bits per heavy atom. The van der Waals surface area contributed by atoms with Crippen LogP contribution in [0.15, 0.2) is 18.3 Å². The maximum absolute atomic E-state index is 14.1. The van der Waals surface area contributed by atoms with E-state index in [9.17, 15) is 18.3 Å². The van der Waals surface area contributed by atoms with Crippen LogP contribution >= 0.6 is 0 Å². The fourth-order valence-corrected chi connectivity index (χ4v) is 4.17. The number of nitrogens with zero attached hydrogens (tertiary/aromatic N) is 3. The molecule has 1 aromatic heterocycles. The molecule has 2 aliphatic heterocycles. The summed E-state index contributed by atoms with van der Waals surface area (Å²) in [5.74, 6) is -3.21. The maximum Gasteiger partial charge on any atom is 0.161 e. The predicted octanol–water partition coefficient (Wildman–Crippen LogP) is 2.24. The molecular weight excluding hydrogens is 385 g/mol. The van der Waals surface area contributed by atoms with Gasteiger partial charge in [-0.1, -0.05) is 0 Å². The van der Waals surface area contributed by atoms with E-state index in [1.807, 2.05) is 10.9 Å². The minimum atomic E-state index is -1.23. The van der Waals surface area contributed by atoms with Crippen LogP contribution in [0.1, 0.15) is 43.2 Å². The summed E-state index contributed by atoms with van der Waals surface area (Å²) < 4.78 is 48.5. The van der Waals surface area contributed by atoms with Gasteiger partial charge in [0.1, 0.15) is 11.9 Å². The molecule has 9 heteroatoms. The molecule has 0 aliphatic carbocycles. The second kappa shape index (κ2) is 7.39. The number of aromatic nitrogens is 2. The Morgan fingerprint density at radius 3 is 2.62 bits per heavy atom. The van der Waals surface area contributed by atoms with Gasteiger partial charge in [0.15, 0.2) is 11.6 Å². The van der Waals surface area contributed by atoms with Crippen molar-refractivity contribution in [1.82, 2.24) is 14.7 Å². The van der Waals surface area contributed by atoms with E-state index in [-0.39, 0.29) is 11.6 Å². The van der Waals surface area contributed by atoms with Crippen molar-refractivity contribution in [3.8, 4) is 0 Å². The summed E-state index contributed by atoms with van der Waals surface area (Å²) in [6.07, 6.45) is 1.52. The Balaban J connectivity index is 1.44. The van der Waals surface area contributed by atoms with Crippen molar-refractivity contribution in [3.05, 3.63) is 52.6 Å². The van der Waals surface area contributed by atoms with Gasteiger partial charge in [-0.25, -0.2) is 13.2 Å². The first-order chi connectivity index (χ1) is 13.6. The van der Waals surface area contributed by atoms with Gasteiger partial charge in [0, 0.05) is 42.4 Å². The fourth-order valence-electron chi connectivity index (χ4n) is 4.17. The number of ether oxygens (including phenoxy) is 1. The van der Waals surface area contributed by atoms with E-state index in [0.29, 0.717) is 38.7 Å². The largest absolute Gasteiger partial charge is 0.389 e. The highest BCUT2D eigenvalue weighted by Gasteiger charge is 2.37. The Bertz CT molecular complexity index is 912. The second-order valence-corrected chi connectivity index (χ2v) is 8.59. The number of hydrogen-bond donors (Lipinski definition) is 2. The molecule has 3 N–H and O–H groups in total. The Kier molecular flexibility index (Phi) is 5.18. The highest BCUT2D eigenvalue weighted by molar-refractivity contribution is 5.25. The molecule has 2 aliphatic rings.